The molecule has 3 heterocycles. The fourth-order valence-corrected chi connectivity index (χ4v) is 5.20. The van der Waals surface area contributed by atoms with E-state index in [0.29, 0.717) is 5.56 Å². The quantitative estimate of drug-likeness (QED) is 0.185. The molecule has 0 saturated carbocycles. The predicted octanol–water partition coefficient (Wildman–Crippen LogP) is -1.16. The Morgan fingerprint density at radius 2 is 1.53 bits per heavy atom. The number of aliphatic hydroxyl groups excluding tert-OH is 6. The molecule has 0 spiro atoms. The first-order chi connectivity index (χ1) is 20.4. The number of aromatic hydroxyl groups is 2. The summed E-state index contributed by atoms with van der Waals surface area (Å²) in [5, 5.41) is 82.2. The van der Waals surface area contributed by atoms with Gasteiger partial charge in [-0.15, -0.1) is 0 Å². The summed E-state index contributed by atoms with van der Waals surface area (Å²) < 4.78 is 33.1. The van der Waals surface area contributed by atoms with Gasteiger partial charge in [-0.3, -0.25) is 4.79 Å². The van der Waals surface area contributed by atoms with Crippen molar-refractivity contribution in [2.24, 2.45) is 0 Å². The molecule has 236 valence electrons. The van der Waals surface area contributed by atoms with Gasteiger partial charge >= 0.3 is 0 Å². The first-order valence-corrected chi connectivity index (χ1v) is 13.5. The fourth-order valence-electron chi connectivity index (χ4n) is 5.20. The highest BCUT2D eigenvalue weighted by molar-refractivity contribution is 6.02. The second kappa shape index (κ2) is 12.4. The second-order valence-corrected chi connectivity index (χ2v) is 10.6. The van der Waals surface area contributed by atoms with Crippen molar-refractivity contribution in [3.05, 3.63) is 41.5 Å². The van der Waals surface area contributed by atoms with Crippen LogP contribution >= 0.6 is 0 Å². The molecule has 2 fully saturated rings. The molecule has 2 aromatic rings. The van der Waals surface area contributed by atoms with Crippen LogP contribution in [0.5, 0.6) is 28.7 Å². The molecule has 8 N–H and O–H groups in total. The van der Waals surface area contributed by atoms with Crippen molar-refractivity contribution < 1.29 is 74.1 Å². The van der Waals surface area contributed by atoms with Crippen LogP contribution in [0.2, 0.25) is 0 Å². The van der Waals surface area contributed by atoms with Gasteiger partial charge in [-0.2, -0.15) is 0 Å². The number of carbonyl (C=O) groups excluding carboxylic acids is 1. The number of ketones is 1. The minimum Gasteiger partial charge on any atom is -0.507 e. The van der Waals surface area contributed by atoms with Gasteiger partial charge in [0.25, 0.3) is 0 Å². The molecule has 11 atom stereocenters. The molecule has 0 unspecified atom stereocenters. The van der Waals surface area contributed by atoms with Crippen LogP contribution in [-0.4, -0.2) is 122 Å². The maximum atomic E-state index is 12.9. The molecule has 3 aliphatic rings. The molecule has 0 aromatic heterocycles. The third-order valence-corrected chi connectivity index (χ3v) is 7.70. The summed E-state index contributed by atoms with van der Waals surface area (Å²) in [4.78, 5) is 12.9. The Hall–Kier alpha value is -3.25. The average molecular weight is 611 g/mol. The number of phenols is 2. The molecule has 0 radical (unpaired) electrons. The van der Waals surface area contributed by atoms with E-state index < -0.39 is 85.7 Å². The molecule has 15 nitrogen and oxygen atoms in total. The van der Waals surface area contributed by atoms with Gasteiger partial charge in [0.05, 0.1) is 26.2 Å². The number of rotatable bonds is 7. The van der Waals surface area contributed by atoms with Crippen molar-refractivity contribution in [2.75, 3.05) is 13.7 Å². The number of benzene rings is 2. The number of aliphatic hydroxyl groups is 6. The molecule has 5 rings (SSSR count). The maximum Gasteiger partial charge on any atom is 0.229 e. The Morgan fingerprint density at radius 1 is 0.837 bits per heavy atom. The molecule has 2 aromatic carbocycles. The number of methoxy groups -OCH3 is 1. The summed E-state index contributed by atoms with van der Waals surface area (Å²) in [6, 6.07) is 6.90. The number of Topliss-reactive ketones (excluding diaryl/α,β-unsaturated/α-hetero) is 1. The Balaban J connectivity index is 1.30. The van der Waals surface area contributed by atoms with Crippen LogP contribution in [0.3, 0.4) is 0 Å². The Bertz CT molecular complexity index is 1320. The standard InChI is InChI=1S/C28H34O15/c1-10-21(32)23(34)25(36)27(40-10)39-9-19-22(33)24(35)26(37)28(43-19)41-12-6-14(30)20-15(31)8-17(42-18(20)7-12)11-3-4-16(38-2)13(29)5-11/h3-7,10,17,19,21-30,32-37H,8-9H2,1-2H3/t10-,17+,19-,21-,22+,23-,24+,25+,26+,27-,28-/m1/s1. The van der Waals surface area contributed by atoms with Crippen LogP contribution in [0.15, 0.2) is 30.3 Å². The molecule has 15 heteroatoms. The SMILES string of the molecule is COc1ccc([C@@H]2CC(=O)c3c(O)cc(O[C@@H]4O[C@H](CO[C@@H]5O[C@H](C)[C@@H](O)[C@@H](O)[C@@H]5O)[C@H](O)[C@H](O)[C@@H]4O)cc3O2)cc1O. The van der Waals surface area contributed by atoms with Crippen molar-refractivity contribution in [3.63, 3.8) is 0 Å². The van der Waals surface area contributed by atoms with Gasteiger partial charge in [0.1, 0.15) is 71.6 Å². The molecule has 2 saturated heterocycles. The average Bonchev–Trinajstić information content (AvgIpc) is 2.97. The summed E-state index contributed by atoms with van der Waals surface area (Å²) in [5.41, 5.74) is 0.373. The van der Waals surface area contributed by atoms with E-state index >= 15 is 0 Å². The molecule has 3 aliphatic heterocycles. The van der Waals surface area contributed by atoms with Crippen molar-refractivity contribution in [3.8, 4) is 28.7 Å². The van der Waals surface area contributed by atoms with E-state index in [2.05, 4.69) is 0 Å². The van der Waals surface area contributed by atoms with Crippen LogP contribution in [0.1, 0.15) is 35.4 Å². The highest BCUT2D eigenvalue weighted by atomic mass is 16.7. The van der Waals surface area contributed by atoms with Crippen molar-refractivity contribution in [2.45, 2.75) is 80.9 Å². The van der Waals surface area contributed by atoms with Crippen molar-refractivity contribution >= 4 is 5.78 Å². The van der Waals surface area contributed by atoms with Gasteiger partial charge < -0.3 is 69.3 Å². The van der Waals surface area contributed by atoms with E-state index in [1.807, 2.05) is 0 Å². The lowest BCUT2D eigenvalue weighted by Gasteiger charge is -2.42. The zero-order chi connectivity index (χ0) is 31.2. The summed E-state index contributed by atoms with van der Waals surface area (Å²) in [6.45, 7) is 0.964. The first kappa shape index (κ1) is 31.2. The number of hydrogen-bond acceptors (Lipinski definition) is 15. The summed E-state index contributed by atoms with van der Waals surface area (Å²) in [5.74, 6) is -0.999. The highest BCUT2D eigenvalue weighted by Crippen LogP contribution is 2.43. The van der Waals surface area contributed by atoms with Crippen molar-refractivity contribution in [1.29, 1.82) is 0 Å². The first-order valence-electron chi connectivity index (χ1n) is 13.5. The highest BCUT2D eigenvalue weighted by Gasteiger charge is 2.47. The monoisotopic (exact) mass is 610 g/mol. The van der Waals surface area contributed by atoms with Gasteiger partial charge in [-0.25, -0.2) is 0 Å². The van der Waals surface area contributed by atoms with E-state index in [1.54, 1.807) is 6.07 Å². The van der Waals surface area contributed by atoms with Crippen LogP contribution in [0.25, 0.3) is 0 Å². The van der Waals surface area contributed by atoms with Crippen LogP contribution in [0, 0.1) is 0 Å². The number of carbonyl (C=O) groups is 1. The normalized spacial score (nSPS) is 36.0. The third kappa shape index (κ3) is 6.08. The number of fused-ring (bicyclic) bond motifs is 1. The minimum atomic E-state index is -1.77. The summed E-state index contributed by atoms with van der Waals surface area (Å²) in [6.07, 6.45) is -15.9. The molecule has 0 aliphatic carbocycles. The predicted molar refractivity (Wildman–Crippen MR) is 141 cm³/mol. The molecule has 43 heavy (non-hydrogen) atoms. The zero-order valence-electron chi connectivity index (χ0n) is 23.1. The number of ether oxygens (including phenoxy) is 6. The van der Waals surface area contributed by atoms with Gasteiger partial charge in [0, 0.05) is 12.1 Å². The fraction of sp³-hybridized carbons (Fsp3) is 0.536. The van der Waals surface area contributed by atoms with E-state index in [4.69, 9.17) is 28.4 Å². The molecular weight excluding hydrogens is 576 g/mol. The summed E-state index contributed by atoms with van der Waals surface area (Å²) in [7, 11) is 1.39. The van der Waals surface area contributed by atoms with E-state index in [0.717, 1.165) is 6.07 Å². The Kier molecular flexibility index (Phi) is 8.99. The number of phenolic OH excluding ortho intramolecular Hbond substituents is 2. The van der Waals surface area contributed by atoms with Crippen molar-refractivity contribution in [1.82, 2.24) is 0 Å². The van der Waals surface area contributed by atoms with E-state index in [-0.39, 0.29) is 35.0 Å². The lowest BCUT2D eigenvalue weighted by Crippen LogP contribution is -2.61. The van der Waals surface area contributed by atoms with E-state index in [1.165, 1.54) is 32.2 Å². The third-order valence-electron chi connectivity index (χ3n) is 7.70. The largest absolute Gasteiger partial charge is 0.507 e. The molecule has 0 amide bonds. The minimum absolute atomic E-state index is 0.0457. The van der Waals surface area contributed by atoms with Crippen LogP contribution in [0.4, 0.5) is 0 Å². The lowest BCUT2D eigenvalue weighted by atomic mass is 9.95. The molecular formula is C28H34O15. The zero-order valence-corrected chi connectivity index (χ0v) is 23.1. The molecule has 0 bridgehead atoms. The van der Waals surface area contributed by atoms with Crippen LogP contribution < -0.4 is 14.2 Å². The smallest absolute Gasteiger partial charge is 0.229 e. The number of hydrogen-bond donors (Lipinski definition) is 8. The summed E-state index contributed by atoms with van der Waals surface area (Å²) >= 11 is 0. The van der Waals surface area contributed by atoms with Gasteiger partial charge in [-0.1, -0.05) is 6.07 Å². The Morgan fingerprint density at radius 3 is 2.23 bits per heavy atom. The van der Waals surface area contributed by atoms with Gasteiger partial charge in [-0.05, 0) is 24.6 Å². The topological polar surface area (TPSA) is 234 Å². The van der Waals surface area contributed by atoms with Gasteiger partial charge in [0.15, 0.2) is 23.6 Å². The maximum absolute atomic E-state index is 12.9. The van der Waals surface area contributed by atoms with Crippen LogP contribution in [-0.2, 0) is 14.2 Å². The van der Waals surface area contributed by atoms with Gasteiger partial charge in [0.2, 0.25) is 6.29 Å². The lowest BCUT2D eigenvalue weighted by molar-refractivity contribution is -0.318. The van der Waals surface area contributed by atoms with E-state index in [9.17, 15) is 45.6 Å². The second-order valence-electron chi connectivity index (χ2n) is 10.6. The Labute approximate surface area is 245 Å².